The molecule has 0 aliphatic carbocycles. The van der Waals surface area contributed by atoms with E-state index in [1.54, 1.807) is 11.3 Å². The average molecular weight is 290 g/mol. The standard InChI is InChI=1S/C16H22N2OS/c1-4-5-17-9-15-10-18-16(20-15)11-19-14-7-12(2)6-13(3)8-14/h6-8,10,17H,4-5,9,11H2,1-3H3. The molecule has 0 spiro atoms. The van der Waals surface area contributed by atoms with Crippen molar-refractivity contribution in [3.63, 3.8) is 0 Å². The molecule has 20 heavy (non-hydrogen) atoms. The van der Waals surface area contributed by atoms with Crippen LogP contribution in [0.25, 0.3) is 0 Å². The highest BCUT2D eigenvalue weighted by molar-refractivity contribution is 7.11. The fourth-order valence-corrected chi connectivity index (χ4v) is 2.85. The van der Waals surface area contributed by atoms with Gasteiger partial charge in [-0.15, -0.1) is 11.3 Å². The van der Waals surface area contributed by atoms with Crippen LogP contribution in [0.4, 0.5) is 0 Å². The van der Waals surface area contributed by atoms with E-state index in [0.717, 1.165) is 30.3 Å². The number of nitrogens with zero attached hydrogens (tertiary/aromatic N) is 1. The summed E-state index contributed by atoms with van der Waals surface area (Å²) in [4.78, 5) is 5.67. The summed E-state index contributed by atoms with van der Waals surface area (Å²) in [7, 11) is 0. The summed E-state index contributed by atoms with van der Waals surface area (Å²) in [6.07, 6.45) is 3.09. The second kappa shape index (κ2) is 7.41. The van der Waals surface area contributed by atoms with Crippen LogP contribution in [-0.4, -0.2) is 11.5 Å². The van der Waals surface area contributed by atoms with Crippen molar-refractivity contribution >= 4 is 11.3 Å². The molecular weight excluding hydrogens is 268 g/mol. The molecule has 0 unspecified atom stereocenters. The lowest BCUT2D eigenvalue weighted by Gasteiger charge is -2.06. The Kier molecular flexibility index (Phi) is 5.56. The van der Waals surface area contributed by atoms with Crippen LogP contribution in [0, 0.1) is 13.8 Å². The summed E-state index contributed by atoms with van der Waals surface area (Å²) in [6.45, 7) is 8.83. The van der Waals surface area contributed by atoms with Gasteiger partial charge < -0.3 is 10.1 Å². The number of aryl methyl sites for hydroxylation is 2. The summed E-state index contributed by atoms with van der Waals surface area (Å²) >= 11 is 1.71. The van der Waals surface area contributed by atoms with E-state index >= 15 is 0 Å². The van der Waals surface area contributed by atoms with Gasteiger partial charge in [0.25, 0.3) is 0 Å². The van der Waals surface area contributed by atoms with Crippen LogP contribution < -0.4 is 10.1 Å². The molecule has 2 rings (SSSR count). The van der Waals surface area contributed by atoms with E-state index in [1.807, 2.05) is 6.20 Å². The van der Waals surface area contributed by atoms with Crippen LogP contribution in [0.1, 0.15) is 34.4 Å². The van der Waals surface area contributed by atoms with Crippen molar-refractivity contribution < 1.29 is 4.74 Å². The van der Waals surface area contributed by atoms with Crippen LogP contribution in [0.15, 0.2) is 24.4 Å². The number of thiazole rings is 1. The maximum absolute atomic E-state index is 5.82. The molecule has 4 heteroatoms. The second-order valence-corrected chi connectivity index (χ2v) is 6.21. The van der Waals surface area contributed by atoms with E-state index in [2.05, 4.69) is 49.3 Å². The molecule has 0 atom stereocenters. The lowest BCUT2D eigenvalue weighted by molar-refractivity contribution is 0.305. The highest BCUT2D eigenvalue weighted by Crippen LogP contribution is 2.19. The second-order valence-electron chi connectivity index (χ2n) is 5.01. The van der Waals surface area contributed by atoms with Gasteiger partial charge in [-0.2, -0.15) is 0 Å². The number of hydrogen-bond donors (Lipinski definition) is 1. The molecule has 2 aromatic rings. The van der Waals surface area contributed by atoms with E-state index in [1.165, 1.54) is 16.0 Å². The van der Waals surface area contributed by atoms with E-state index in [4.69, 9.17) is 4.74 Å². The van der Waals surface area contributed by atoms with Crippen molar-refractivity contribution in [2.24, 2.45) is 0 Å². The molecule has 0 aliphatic rings. The van der Waals surface area contributed by atoms with Gasteiger partial charge in [0.15, 0.2) is 0 Å². The Bertz CT molecular complexity index is 531. The van der Waals surface area contributed by atoms with Crippen molar-refractivity contribution in [1.82, 2.24) is 10.3 Å². The molecule has 1 aromatic heterocycles. The SMILES string of the molecule is CCCNCc1cnc(COc2cc(C)cc(C)c2)s1. The fourth-order valence-electron chi connectivity index (χ4n) is 2.05. The zero-order chi connectivity index (χ0) is 14.4. The lowest BCUT2D eigenvalue weighted by Crippen LogP contribution is -2.12. The lowest BCUT2D eigenvalue weighted by atomic mass is 10.1. The van der Waals surface area contributed by atoms with E-state index < -0.39 is 0 Å². The number of ether oxygens (including phenoxy) is 1. The molecule has 0 bridgehead atoms. The number of benzene rings is 1. The predicted octanol–water partition coefficient (Wildman–Crippen LogP) is 3.84. The summed E-state index contributed by atoms with van der Waals surface area (Å²) in [5.41, 5.74) is 2.45. The van der Waals surface area contributed by atoms with Crippen molar-refractivity contribution in [2.75, 3.05) is 6.54 Å². The highest BCUT2D eigenvalue weighted by atomic mass is 32.1. The molecule has 0 amide bonds. The number of rotatable bonds is 7. The Balaban J connectivity index is 1.87. The molecule has 0 saturated carbocycles. The Hall–Kier alpha value is -1.39. The summed E-state index contributed by atoms with van der Waals surface area (Å²) in [6, 6.07) is 6.27. The highest BCUT2D eigenvalue weighted by Gasteiger charge is 2.03. The van der Waals surface area contributed by atoms with E-state index in [0.29, 0.717) is 6.61 Å². The quantitative estimate of drug-likeness (QED) is 0.787. The number of aromatic nitrogens is 1. The predicted molar refractivity (Wildman–Crippen MR) is 84.4 cm³/mol. The van der Waals surface area contributed by atoms with Crippen LogP contribution in [-0.2, 0) is 13.2 Å². The molecule has 1 aromatic carbocycles. The van der Waals surface area contributed by atoms with Crippen molar-refractivity contribution in [1.29, 1.82) is 0 Å². The molecule has 108 valence electrons. The van der Waals surface area contributed by atoms with E-state index in [9.17, 15) is 0 Å². The molecule has 0 fully saturated rings. The third-order valence-electron chi connectivity index (χ3n) is 2.88. The van der Waals surface area contributed by atoms with Gasteiger partial charge in [0, 0.05) is 17.6 Å². The van der Waals surface area contributed by atoms with Crippen molar-refractivity contribution in [3.8, 4) is 5.75 Å². The van der Waals surface area contributed by atoms with Gasteiger partial charge in [0.2, 0.25) is 0 Å². The summed E-state index contributed by atoms with van der Waals surface area (Å²) < 4.78 is 5.82. The van der Waals surface area contributed by atoms with Gasteiger partial charge in [0.1, 0.15) is 17.4 Å². The van der Waals surface area contributed by atoms with Gasteiger partial charge in [-0.1, -0.05) is 13.0 Å². The normalized spacial score (nSPS) is 10.8. The molecule has 1 heterocycles. The Morgan fingerprint density at radius 3 is 2.65 bits per heavy atom. The minimum absolute atomic E-state index is 0.543. The third-order valence-corrected chi connectivity index (χ3v) is 3.86. The maximum Gasteiger partial charge on any atom is 0.140 e. The molecule has 3 nitrogen and oxygen atoms in total. The van der Waals surface area contributed by atoms with Gasteiger partial charge in [0.05, 0.1) is 0 Å². The van der Waals surface area contributed by atoms with Crippen molar-refractivity contribution in [3.05, 3.63) is 45.4 Å². The zero-order valence-corrected chi connectivity index (χ0v) is 13.2. The van der Waals surface area contributed by atoms with Crippen LogP contribution in [0.2, 0.25) is 0 Å². The molecule has 0 aliphatic heterocycles. The fraction of sp³-hybridized carbons (Fsp3) is 0.438. The Morgan fingerprint density at radius 2 is 1.95 bits per heavy atom. The first-order chi connectivity index (χ1) is 9.67. The van der Waals surface area contributed by atoms with E-state index in [-0.39, 0.29) is 0 Å². The first kappa shape index (κ1) is 15.0. The minimum atomic E-state index is 0.543. The zero-order valence-electron chi connectivity index (χ0n) is 12.4. The third kappa shape index (κ3) is 4.62. The van der Waals surface area contributed by atoms with Crippen LogP contribution >= 0.6 is 11.3 Å². The topological polar surface area (TPSA) is 34.2 Å². The van der Waals surface area contributed by atoms with Crippen LogP contribution in [0.3, 0.4) is 0 Å². The average Bonchev–Trinajstić information content (AvgIpc) is 2.84. The first-order valence-corrected chi connectivity index (χ1v) is 7.84. The molecule has 0 radical (unpaired) electrons. The minimum Gasteiger partial charge on any atom is -0.486 e. The Morgan fingerprint density at radius 1 is 1.20 bits per heavy atom. The van der Waals surface area contributed by atoms with Gasteiger partial charge in [-0.3, -0.25) is 0 Å². The number of hydrogen-bond acceptors (Lipinski definition) is 4. The van der Waals surface area contributed by atoms with Gasteiger partial charge >= 0.3 is 0 Å². The van der Waals surface area contributed by atoms with Gasteiger partial charge in [-0.25, -0.2) is 4.98 Å². The van der Waals surface area contributed by atoms with Crippen molar-refractivity contribution in [2.45, 2.75) is 40.3 Å². The number of nitrogens with one attached hydrogen (secondary N) is 1. The van der Waals surface area contributed by atoms with Crippen LogP contribution in [0.5, 0.6) is 5.75 Å². The summed E-state index contributed by atoms with van der Waals surface area (Å²) in [5, 5.41) is 4.41. The summed E-state index contributed by atoms with van der Waals surface area (Å²) in [5.74, 6) is 0.920. The Labute approximate surface area is 125 Å². The first-order valence-electron chi connectivity index (χ1n) is 7.02. The van der Waals surface area contributed by atoms with Gasteiger partial charge in [-0.05, 0) is 50.1 Å². The smallest absolute Gasteiger partial charge is 0.140 e. The monoisotopic (exact) mass is 290 g/mol. The molecule has 0 saturated heterocycles. The largest absolute Gasteiger partial charge is 0.486 e. The maximum atomic E-state index is 5.82. The molecular formula is C16H22N2OS. The molecule has 1 N–H and O–H groups in total.